The minimum atomic E-state index is -2.58. The van der Waals surface area contributed by atoms with E-state index in [0.29, 0.717) is 11.6 Å². The van der Waals surface area contributed by atoms with Crippen molar-refractivity contribution >= 4 is 28.4 Å². The number of ether oxygens (including phenoxy) is 1. The van der Waals surface area contributed by atoms with E-state index in [1.165, 1.54) is 55.5 Å². The number of aromatic nitrogens is 2. The molecule has 1 heterocycles. The maximum atomic E-state index is 11.1. The molecule has 0 aromatic carbocycles. The van der Waals surface area contributed by atoms with Gasteiger partial charge in [0.15, 0.2) is 0 Å². The van der Waals surface area contributed by atoms with Crippen LogP contribution in [0.15, 0.2) is 6.20 Å². The van der Waals surface area contributed by atoms with E-state index in [1.54, 1.807) is 7.11 Å². The van der Waals surface area contributed by atoms with Crippen LogP contribution in [0.4, 0.5) is 0 Å². The van der Waals surface area contributed by atoms with Gasteiger partial charge in [0, 0.05) is 0 Å². The average molecular weight is 427 g/mol. The SMILES string of the molecule is CCC[CH2][Sn]([CH2]CCC)([CH2]CCC)[c]1cnc(C=O)c(OC)n1. The topological polar surface area (TPSA) is 52.1 Å². The molecule has 0 aliphatic rings. The number of carbonyl (C=O) groups excluding carboxylic acids is 1. The van der Waals surface area contributed by atoms with Crippen LogP contribution >= 0.6 is 0 Å². The van der Waals surface area contributed by atoms with Gasteiger partial charge in [0.1, 0.15) is 0 Å². The Kier molecular flexibility index (Phi) is 9.75. The second kappa shape index (κ2) is 11.0. The number of methoxy groups -OCH3 is 1. The van der Waals surface area contributed by atoms with Gasteiger partial charge in [-0.1, -0.05) is 0 Å². The van der Waals surface area contributed by atoms with Crippen molar-refractivity contribution in [3.8, 4) is 5.88 Å². The molecule has 0 amide bonds. The summed E-state index contributed by atoms with van der Waals surface area (Å²) in [7, 11) is 1.57. The molecular formula is C18H32N2O2Sn. The Hall–Kier alpha value is -0.651. The molecule has 0 bridgehead atoms. The molecule has 0 aliphatic heterocycles. The fourth-order valence-electron chi connectivity index (χ4n) is 3.17. The molecule has 0 radical (unpaired) electrons. The van der Waals surface area contributed by atoms with Crippen molar-refractivity contribution < 1.29 is 9.53 Å². The monoisotopic (exact) mass is 428 g/mol. The van der Waals surface area contributed by atoms with Gasteiger partial charge in [0.25, 0.3) is 0 Å². The van der Waals surface area contributed by atoms with Gasteiger partial charge < -0.3 is 0 Å². The fourth-order valence-corrected chi connectivity index (χ4v) is 18.3. The Bertz CT molecular complexity index is 458. The molecule has 0 N–H and O–H groups in total. The molecule has 4 nitrogen and oxygen atoms in total. The third-order valence-electron chi connectivity index (χ3n) is 4.64. The van der Waals surface area contributed by atoms with E-state index in [-0.39, 0.29) is 0 Å². The molecule has 1 rings (SSSR count). The second-order valence-corrected chi connectivity index (χ2v) is 19.4. The van der Waals surface area contributed by atoms with Crippen LogP contribution < -0.4 is 8.45 Å². The van der Waals surface area contributed by atoms with Crippen LogP contribution in [-0.2, 0) is 0 Å². The van der Waals surface area contributed by atoms with Crippen molar-refractivity contribution in [1.29, 1.82) is 0 Å². The maximum absolute atomic E-state index is 11.1. The fraction of sp³-hybridized carbons (Fsp3) is 0.722. The molecule has 0 aliphatic carbocycles. The third-order valence-corrected chi connectivity index (χ3v) is 19.7. The van der Waals surface area contributed by atoms with Gasteiger partial charge in [0.2, 0.25) is 0 Å². The zero-order valence-corrected chi connectivity index (χ0v) is 18.1. The quantitative estimate of drug-likeness (QED) is 0.368. The normalized spacial score (nSPS) is 11.5. The van der Waals surface area contributed by atoms with Gasteiger partial charge in [-0.05, 0) is 0 Å². The van der Waals surface area contributed by atoms with E-state index in [2.05, 4.69) is 25.8 Å². The first-order valence-corrected chi connectivity index (χ1v) is 16.5. The van der Waals surface area contributed by atoms with E-state index in [1.807, 2.05) is 6.20 Å². The molecule has 130 valence electrons. The molecule has 0 spiro atoms. The number of hydrogen-bond acceptors (Lipinski definition) is 4. The molecule has 1 aromatic rings. The summed E-state index contributed by atoms with van der Waals surface area (Å²) < 4.78 is 10.5. The zero-order chi connectivity index (χ0) is 17.1. The Morgan fingerprint density at radius 1 is 1.04 bits per heavy atom. The van der Waals surface area contributed by atoms with Gasteiger partial charge >= 0.3 is 145 Å². The van der Waals surface area contributed by atoms with Crippen molar-refractivity contribution in [3.05, 3.63) is 11.9 Å². The van der Waals surface area contributed by atoms with Crippen molar-refractivity contribution in [3.63, 3.8) is 0 Å². The van der Waals surface area contributed by atoms with Gasteiger partial charge in [0.05, 0.1) is 0 Å². The predicted molar refractivity (Wildman–Crippen MR) is 98.5 cm³/mol. The number of nitrogens with zero attached hydrogens (tertiary/aromatic N) is 2. The molecule has 0 fully saturated rings. The zero-order valence-electron chi connectivity index (χ0n) is 15.2. The van der Waals surface area contributed by atoms with Crippen LogP contribution in [0.1, 0.15) is 69.8 Å². The van der Waals surface area contributed by atoms with E-state index >= 15 is 0 Å². The number of carbonyl (C=O) groups is 1. The first-order chi connectivity index (χ1) is 11.2. The van der Waals surface area contributed by atoms with Crippen LogP contribution in [0, 0.1) is 0 Å². The van der Waals surface area contributed by atoms with Crippen LogP contribution in [0.25, 0.3) is 0 Å². The summed E-state index contributed by atoms with van der Waals surface area (Å²) in [5.41, 5.74) is 0.318. The molecule has 23 heavy (non-hydrogen) atoms. The van der Waals surface area contributed by atoms with Crippen molar-refractivity contribution in [1.82, 2.24) is 9.97 Å². The van der Waals surface area contributed by atoms with Gasteiger partial charge in [-0.25, -0.2) is 0 Å². The first kappa shape index (κ1) is 20.4. The van der Waals surface area contributed by atoms with E-state index in [0.717, 1.165) is 6.29 Å². The summed E-state index contributed by atoms with van der Waals surface area (Å²) in [5, 5.41) is 0. The molecule has 0 saturated carbocycles. The van der Waals surface area contributed by atoms with Gasteiger partial charge in [-0.15, -0.1) is 0 Å². The second-order valence-electron chi connectivity index (χ2n) is 6.36. The van der Waals surface area contributed by atoms with Gasteiger partial charge in [-0.3, -0.25) is 0 Å². The third kappa shape index (κ3) is 5.73. The summed E-state index contributed by atoms with van der Waals surface area (Å²) >= 11 is -2.58. The Balaban J connectivity index is 3.24. The summed E-state index contributed by atoms with van der Waals surface area (Å²) in [4.78, 5) is 20.2. The average Bonchev–Trinajstić information content (AvgIpc) is 2.60. The molecular weight excluding hydrogens is 395 g/mol. The van der Waals surface area contributed by atoms with Crippen molar-refractivity contribution in [2.24, 2.45) is 0 Å². The summed E-state index contributed by atoms with van der Waals surface area (Å²) in [6, 6.07) is 0. The minimum absolute atomic E-state index is 0.318. The Morgan fingerprint density at radius 2 is 1.57 bits per heavy atom. The van der Waals surface area contributed by atoms with E-state index in [4.69, 9.17) is 9.72 Å². The molecule has 1 aromatic heterocycles. The number of unbranched alkanes of at least 4 members (excludes halogenated alkanes) is 3. The van der Waals surface area contributed by atoms with Crippen LogP contribution in [0.3, 0.4) is 0 Å². The standard InChI is InChI=1S/C6H5N2O2.3C4H9.Sn/c1-10-6-5(4-9)7-2-3-8-6;3*1-3-4-2;/h2,4H,1H3;3*1,3-4H2,2H3;. The summed E-state index contributed by atoms with van der Waals surface area (Å²) in [5.74, 6) is 0.406. The van der Waals surface area contributed by atoms with Crippen molar-refractivity contribution in [2.75, 3.05) is 7.11 Å². The number of aldehydes is 1. The van der Waals surface area contributed by atoms with E-state index < -0.39 is 18.4 Å². The van der Waals surface area contributed by atoms with Crippen LogP contribution in [-0.4, -0.2) is 41.7 Å². The Morgan fingerprint density at radius 3 is 1.96 bits per heavy atom. The van der Waals surface area contributed by atoms with Gasteiger partial charge in [-0.2, -0.15) is 0 Å². The molecule has 0 atom stereocenters. The van der Waals surface area contributed by atoms with Crippen LogP contribution in [0.2, 0.25) is 13.3 Å². The number of hydrogen-bond donors (Lipinski definition) is 0. The van der Waals surface area contributed by atoms with Crippen LogP contribution in [0.5, 0.6) is 5.88 Å². The number of rotatable bonds is 12. The Labute approximate surface area is 145 Å². The summed E-state index contributed by atoms with van der Waals surface area (Å²) in [6.07, 6.45) is 10.2. The summed E-state index contributed by atoms with van der Waals surface area (Å²) in [6.45, 7) is 6.79. The molecule has 0 unspecified atom stereocenters. The first-order valence-electron chi connectivity index (χ1n) is 9.04. The van der Waals surface area contributed by atoms with E-state index in [9.17, 15) is 4.79 Å². The molecule has 5 heteroatoms. The predicted octanol–water partition coefficient (Wildman–Crippen LogP) is 4.35. The molecule has 0 saturated heterocycles. The van der Waals surface area contributed by atoms with Crippen molar-refractivity contribution in [2.45, 2.75) is 72.6 Å².